The van der Waals surface area contributed by atoms with E-state index in [9.17, 15) is 5.21 Å². The lowest BCUT2D eigenvalue weighted by Gasteiger charge is -2.46. The van der Waals surface area contributed by atoms with Gasteiger partial charge in [-0.05, 0) is 19.8 Å². The van der Waals surface area contributed by atoms with Crippen LogP contribution in [0.25, 0.3) is 0 Å². The highest BCUT2D eigenvalue weighted by molar-refractivity contribution is 4.85. The lowest BCUT2D eigenvalue weighted by atomic mass is 9.84. The lowest BCUT2D eigenvalue weighted by molar-refractivity contribution is -0.167. The summed E-state index contributed by atoms with van der Waals surface area (Å²) in [6.45, 7) is 1.97. The fourth-order valence-electron chi connectivity index (χ4n) is 1.72. The molecule has 0 amide bonds. The summed E-state index contributed by atoms with van der Waals surface area (Å²) in [4.78, 5) is 4.67. The van der Waals surface area contributed by atoms with Crippen LogP contribution in [0, 0.1) is 5.21 Å². The van der Waals surface area contributed by atoms with Crippen molar-refractivity contribution in [3.05, 3.63) is 5.21 Å². The fourth-order valence-corrected chi connectivity index (χ4v) is 1.72. The third-order valence-corrected chi connectivity index (χ3v) is 2.54. The Morgan fingerprint density at radius 2 is 1.82 bits per heavy atom. The van der Waals surface area contributed by atoms with E-state index in [1.165, 1.54) is 13.5 Å². The molecule has 0 aromatic heterocycles. The van der Waals surface area contributed by atoms with Crippen molar-refractivity contribution < 1.29 is 4.84 Å². The van der Waals surface area contributed by atoms with Crippen LogP contribution in [0.2, 0.25) is 0 Å². The topological polar surface area (TPSA) is 35.5 Å². The number of hydrogen-bond donors (Lipinski definition) is 0. The van der Waals surface area contributed by atoms with Crippen LogP contribution in [0.5, 0.6) is 0 Å². The number of nitrogens with zero attached hydrogens (tertiary/aromatic N) is 1. The second kappa shape index (κ2) is 3.52. The van der Waals surface area contributed by atoms with Crippen molar-refractivity contribution in [3.63, 3.8) is 0 Å². The minimum Gasteiger partial charge on any atom is -0.762 e. The Kier molecular flexibility index (Phi) is 2.87. The second-order valence-electron chi connectivity index (χ2n) is 3.50. The van der Waals surface area contributed by atoms with E-state index in [2.05, 4.69) is 4.84 Å². The van der Waals surface area contributed by atoms with E-state index in [1.54, 1.807) is 0 Å². The van der Waals surface area contributed by atoms with Crippen molar-refractivity contribution in [3.8, 4) is 0 Å². The zero-order valence-electron chi connectivity index (χ0n) is 7.30. The van der Waals surface area contributed by atoms with Gasteiger partial charge in [0.25, 0.3) is 0 Å². The predicted octanol–water partition coefficient (Wildman–Crippen LogP) is 2.07. The number of hydroxylamine groups is 2. The molecule has 0 bridgehead atoms. The van der Waals surface area contributed by atoms with Crippen LogP contribution in [-0.4, -0.2) is 17.9 Å². The Balaban J connectivity index is 2.49. The second-order valence-corrected chi connectivity index (χ2v) is 3.50. The average molecular weight is 158 g/mol. The summed E-state index contributed by atoms with van der Waals surface area (Å²) < 4.78 is 0. The Labute approximate surface area is 67.9 Å². The molecule has 0 aromatic carbocycles. The Hall–Kier alpha value is -0.120. The predicted molar refractivity (Wildman–Crippen MR) is 43.7 cm³/mol. The molecule has 0 N–H and O–H groups in total. The van der Waals surface area contributed by atoms with Crippen LogP contribution >= 0.6 is 0 Å². The zero-order chi connectivity index (χ0) is 8.32. The zero-order valence-corrected chi connectivity index (χ0v) is 7.30. The first-order chi connectivity index (χ1) is 5.19. The molecule has 1 rings (SSSR count). The summed E-state index contributed by atoms with van der Waals surface area (Å²) in [6.07, 6.45) is 5.49. The van der Waals surface area contributed by atoms with Gasteiger partial charge in [-0.2, -0.15) is 0 Å². The fraction of sp³-hybridized carbons (Fsp3) is 1.00. The molecule has 1 aliphatic rings. The SMILES string of the molecule is CON([O-])C1(C)CCCCC1. The van der Waals surface area contributed by atoms with Crippen LogP contribution < -0.4 is 0 Å². The molecule has 11 heavy (non-hydrogen) atoms. The summed E-state index contributed by atoms with van der Waals surface area (Å²) >= 11 is 0. The first-order valence-corrected chi connectivity index (χ1v) is 4.20. The molecule has 0 spiro atoms. The van der Waals surface area contributed by atoms with E-state index in [1.807, 2.05) is 6.92 Å². The van der Waals surface area contributed by atoms with Gasteiger partial charge in [0.2, 0.25) is 0 Å². The van der Waals surface area contributed by atoms with Crippen LogP contribution in [0.3, 0.4) is 0 Å². The summed E-state index contributed by atoms with van der Waals surface area (Å²) in [7, 11) is 1.44. The highest BCUT2D eigenvalue weighted by Gasteiger charge is 2.28. The van der Waals surface area contributed by atoms with Gasteiger partial charge in [-0.15, -0.1) is 0 Å². The highest BCUT2D eigenvalue weighted by Crippen LogP contribution is 2.32. The lowest BCUT2D eigenvalue weighted by Crippen LogP contribution is -2.43. The number of hydrogen-bond acceptors (Lipinski definition) is 3. The Morgan fingerprint density at radius 3 is 2.27 bits per heavy atom. The molecular formula is C8H16NO2-. The van der Waals surface area contributed by atoms with Crippen molar-refractivity contribution in [1.82, 2.24) is 5.23 Å². The Morgan fingerprint density at radius 1 is 1.27 bits per heavy atom. The van der Waals surface area contributed by atoms with Crippen molar-refractivity contribution >= 4 is 0 Å². The van der Waals surface area contributed by atoms with Crippen molar-refractivity contribution in [2.24, 2.45) is 0 Å². The summed E-state index contributed by atoms with van der Waals surface area (Å²) in [6, 6.07) is 0. The third-order valence-electron chi connectivity index (χ3n) is 2.54. The molecule has 0 atom stereocenters. The van der Waals surface area contributed by atoms with Crippen LogP contribution in [0.15, 0.2) is 0 Å². The molecule has 3 heteroatoms. The molecule has 0 radical (unpaired) electrons. The largest absolute Gasteiger partial charge is 0.762 e. The molecule has 66 valence electrons. The van der Waals surface area contributed by atoms with Gasteiger partial charge >= 0.3 is 0 Å². The minimum atomic E-state index is -0.257. The molecule has 0 aromatic rings. The summed E-state index contributed by atoms with van der Waals surface area (Å²) in [5.41, 5.74) is -0.257. The molecule has 0 heterocycles. The first-order valence-electron chi connectivity index (χ1n) is 4.20. The maximum atomic E-state index is 11.2. The molecule has 0 saturated heterocycles. The van der Waals surface area contributed by atoms with Crippen LogP contribution in [0.4, 0.5) is 0 Å². The van der Waals surface area contributed by atoms with Crippen LogP contribution in [0.1, 0.15) is 39.0 Å². The van der Waals surface area contributed by atoms with Crippen LogP contribution in [-0.2, 0) is 4.84 Å². The molecule has 1 saturated carbocycles. The standard InChI is InChI=1S/C8H16NO2/c1-8(9(10)11-2)6-4-3-5-7-8/h3-7H2,1-2H3/q-1. The molecule has 0 aliphatic heterocycles. The van der Waals surface area contributed by atoms with Crippen molar-refractivity contribution in [2.75, 3.05) is 7.11 Å². The molecule has 1 aliphatic carbocycles. The van der Waals surface area contributed by atoms with Gasteiger partial charge in [0.15, 0.2) is 0 Å². The maximum Gasteiger partial charge on any atom is 0.0563 e. The number of rotatable bonds is 2. The summed E-state index contributed by atoms with van der Waals surface area (Å²) in [5.74, 6) is 0. The van der Waals surface area contributed by atoms with E-state index < -0.39 is 0 Å². The van der Waals surface area contributed by atoms with Gasteiger partial charge in [-0.3, -0.25) is 5.23 Å². The smallest absolute Gasteiger partial charge is 0.0563 e. The summed E-state index contributed by atoms with van der Waals surface area (Å²) in [5, 5.41) is 11.9. The van der Waals surface area contributed by atoms with Gasteiger partial charge in [0, 0.05) is 5.54 Å². The van der Waals surface area contributed by atoms with E-state index >= 15 is 0 Å². The van der Waals surface area contributed by atoms with E-state index in [-0.39, 0.29) is 5.54 Å². The maximum absolute atomic E-state index is 11.2. The molecule has 0 unspecified atom stereocenters. The Bertz CT molecular complexity index is 121. The van der Waals surface area contributed by atoms with Crippen molar-refractivity contribution in [1.29, 1.82) is 0 Å². The van der Waals surface area contributed by atoms with Gasteiger partial charge in [0.05, 0.1) is 7.11 Å². The van der Waals surface area contributed by atoms with E-state index in [0.717, 1.165) is 30.9 Å². The molecular weight excluding hydrogens is 142 g/mol. The average Bonchev–Trinajstić information content (AvgIpc) is 2.04. The van der Waals surface area contributed by atoms with E-state index in [4.69, 9.17) is 0 Å². The normalized spacial score (nSPS) is 24.0. The van der Waals surface area contributed by atoms with Gasteiger partial charge in [-0.1, -0.05) is 19.3 Å². The van der Waals surface area contributed by atoms with Gasteiger partial charge < -0.3 is 10.0 Å². The molecule has 1 fully saturated rings. The quantitative estimate of drug-likeness (QED) is 0.577. The van der Waals surface area contributed by atoms with Gasteiger partial charge in [0.1, 0.15) is 0 Å². The van der Waals surface area contributed by atoms with E-state index in [0.29, 0.717) is 0 Å². The van der Waals surface area contributed by atoms with Gasteiger partial charge in [-0.25, -0.2) is 0 Å². The van der Waals surface area contributed by atoms with Crippen molar-refractivity contribution in [2.45, 2.75) is 44.6 Å². The highest BCUT2D eigenvalue weighted by atomic mass is 16.9. The minimum absolute atomic E-state index is 0.257. The molecule has 3 nitrogen and oxygen atoms in total. The monoisotopic (exact) mass is 158 g/mol. The third kappa shape index (κ3) is 1.92. The first kappa shape index (κ1) is 8.97.